The molecule has 5 nitrogen and oxygen atoms in total. The fourth-order valence-electron chi connectivity index (χ4n) is 2.04. The van der Waals surface area contributed by atoms with Crippen LogP contribution in [0.4, 0.5) is 5.69 Å². The molecule has 2 aromatic heterocycles. The van der Waals surface area contributed by atoms with Gasteiger partial charge in [0.25, 0.3) is 5.69 Å². The van der Waals surface area contributed by atoms with Crippen LogP contribution in [0.25, 0.3) is 16.9 Å². The lowest BCUT2D eigenvalue weighted by molar-refractivity contribution is -0.384. The van der Waals surface area contributed by atoms with Crippen molar-refractivity contribution >= 4 is 35.3 Å². The molecule has 0 spiro atoms. The molecule has 0 fully saturated rings. The smallest absolute Gasteiger partial charge is 0.269 e. The number of aryl methyl sites for hydroxylation is 1. The van der Waals surface area contributed by atoms with Gasteiger partial charge in [-0.2, -0.15) is 0 Å². The van der Waals surface area contributed by atoms with Gasteiger partial charge in [0.15, 0.2) is 0 Å². The highest BCUT2D eigenvalue weighted by atomic mass is 127. The lowest BCUT2D eigenvalue weighted by atomic mass is 10.1. The Morgan fingerprint density at radius 1 is 1.15 bits per heavy atom. The molecule has 0 amide bonds. The molecule has 1 aromatic carbocycles. The maximum absolute atomic E-state index is 10.6. The van der Waals surface area contributed by atoms with Gasteiger partial charge in [-0.3, -0.25) is 10.1 Å². The Hall–Kier alpha value is -1.96. The van der Waals surface area contributed by atoms with E-state index in [0.717, 1.165) is 22.6 Å². The Labute approximate surface area is 132 Å². The van der Waals surface area contributed by atoms with E-state index >= 15 is 0 Å². The van der Waals surface area contributed by atoms with Crippen LogP contribution in [0.3, 0.4) is 0 Å². The van der Waals surface area contributed by atoms with Crippen molar-refractivity contribution in [1.82, 2.24) is 9.38 Å². The molecule has 0 saturated heterocycles. The van der Waals surface area contributed by atoms with Crippen LogP contribution in [0.2, 0.25) is 0 Å². The van der Waals surface area contributed by atoms with E-state index in [4.69, 9.17) is 0 Å². The number of aromatic nitrogens is 2. The Morgan fingerprint density at radius 2 is 1.85 bits per heavy atom. The number of imidazole rings is 1. The third-order valence-electron chi connectivity index (χ3n) is 3.07. The Kier molecular flexibility index (Phi) is 4.03. The molecule has 0 aliphatic carbocycles. The molecular formula is C14H12IN3O2. The zero-order valence-corrected chi connectivity index (χ0v) is 13.0. The quantitative estimate of drug-likeness (QED) is 0.385. The first-order chi connectivity index (χ1) is 9.15. The van der Waals surface area contributed by atoms with Crippen molar-refractivity contribution in [2.24, 2.45) is 0 Å². The fraction of sp³-hybridized carbons (Fsp3) is 0.0714. The second kappa shape index (κ2) is 5.58. The number of nitro groups is 1. The average molecular weight is 381 g/mol. The van der Waals surface area contributed by atoms with Crippen LogP contribution in [0.15, 0.2) is 48.7 Å². The number of nitro benzene ring substituents is 1. The van der Waals surface area contributed by atoms with Gasteiger partial charge in [0.05, 0.1) is 10.6 Å². The highest BCUT2D eigenvalue weighted by molar-refractivity contribution is 14.0. The highest BCUT2D eigenvalue weighted by Crippen LogP contribution is 2.22. The first-order valence-electron chi connectivity index (χ1n) is 5.85. The first kappa shape index (κ1) is 14.4. The van der Waals surface area contributed by atoms with Crippen LogP contribution in [-0.2, 0) is 0 Å². The second-order valence-corrected chi connectivity index (χ2v) is 4.33. The zero-order valence-electron chi connectivity index (χ0n) is 10.7. The molecule has 3 aromatic rings. The molecule has 0 aliphatic heterocycles. The first-order valence-corrected chi connectivity index (χ1v) is 5.85. The van der Waals surface area contributed by atoms with E-state index in [1.807, 2.05) is 35.7 Å². The molecule has 102 valence electrons. The maximum Gasteiger partial charge on any atom is 0.269 e. The van der Waals surface area contributed by atoms with Gasteiger partial charge in [0.2, 0.25) is 0 Å². The number of rotatable bonds is 2. The van der Waals surface area contributed by atoms with Crippen LogP contribution < -0.4 is 0 Å². The molecule has 0 radical (unpaired) electrons. The molecule has 6 heteroatoms. The van der Waals surface area contributed by atoms with Crippen LogP contribution in [0, 0.1) is 17.0 Å². The van der Waals surface area contributed by atoms with Crippen LogP contribution in [0.1, 0.15) is 5.69 Å². The molecule has 0 N–H and O–H groups in total. The van der Waals surface area contributed by atoms with E-state index < -0.39 is 4.92 Å². The van der Waals surface area contributed by atoms with E-state index in [-0.39, 0.29) is 29.7 Å². The average Bonchev–Trinajstić information content (AvgIpc) is 2.84. The van der Waals surface area contributed by atoms with Gasteiger partial charge < -0.3 is 4.40 Å². The molecule has 0 atom stereocenters. The lowest BCUT2D eigenvalue weighted by Crippen LogP contribution is -1.87. The van der Waals surface area contributed by atoms with Crippen molar-refractivity contribution in [2.75, 3.05) is 0 Å². The molecule has 2 heterocycles. The molecule has 0 unspecified atom stereocenters. The Balaban J connectivity index is 0.00000147. The summed E-state index contributed by atoms with van der Waals surface area (Å²) in [4.78, 5) is 14.7. The van der Waals surface area contributed by atoms with Gasteiger partial charge in [0.1, 0.15) is 5.65 Å². The summed E-state index contributed by atoms with van der Waals surface area (Å²) in [5.41, 5.74) is 3.73. The van der Waals surface area contributed by atoms with Crippen molar-refractivity contribution < 1.29 is 4.92 Å². The van der Waals surface area contributed by atoms with Gasteiger partial charge in [-0.1, -0.05) is 6.07 Å². The number of benzene rings is 1. The largest absolute Gasteiger partial charge is 0.304 e. The SMILES string of the molecule is Cc1cccc2nc(-c3ccc([N+](=O)[O-])cc3)cn12.I. The van der Waals surface area contributed by atoms with Gasteiger partial charge in [-0.05, 0) is 31.2 Å². The maximum atomic E-state index is 10.6. The van der Waals surface area contributed by atoms with Gasteiger partial charge >= 0.3 is 0 Å². The summed E-state index contributed by atoms with van der Waals surface area (Å²) in [6, 6.07) is 12.3. The number of non-ortho nitro benzene ring substituents is 1. The van der Waals surface area contributed by atoms with E-state index in [2.05, 4.69) is 4.98 Å². The Morgan fingerprint density at radius 3 is 2.45 bits per heavy atom. The number of hydrogen-bond donors (Lipinski definition) is 0. The summed E-state index contributed by atoms with van der Waals surface area (Å²) in [6.07, 6.45) is 1.94. The summed E-state index contributed by atoms with van der Waals surface area (Å²) in [6.45, 7) is 2.01. The summed E-state index contributed by atoms with van der Waals surface area (Å²) >= 11 is 0. The zero-order chi connectivity index (χ0) is 13.4. The minimum absolute atomic E-state index is 0. The van der Waals surface area contributed by atoms with Crippen LogP contribution >= 0.6 is 24.0 Å². The summed E-state index contributed by atoms with van der Waals surface area (Å²) < 4.78 is 2.00. The summed E-state index contributed by atoms with van der Waals surface area (Å²) in [5.74, 6) is 0. The second-order valence-electron chi connectivity index (χ2n) is 4.33. The van der Waals surface area contributed by atoms with E-state index in [1.54, 1.807) is 12.1 Å². The topological polar surface area (TPSA) is 60.4 Å². The normalized spacial score (nSPS) is 10.2. The summed E-state index contributed by atoms with van der Waals surface area (Å²) in [7, 11) is 0. The van der Waals surface area contributed by atoms with Crippen LogP contribution in [-0.4, -0.2) is 14.3 Å². The monoisotopic (exact) mass is 381 g/mol. The minimum atomic E-state index is -0.405. The standard InChI is InChI=1S/C14H11N3O2.HI/c1-10-3-2-4-14-15-13(9-16(10)14)11-5-7-12(8-6-11)17(18)19;/h2-9H,1H3;1H. The van der Waals surface area contributed by atoms with E-state index in [0.29, 0.717) is 0 Å². The summed E-state index contributed by atoms with van der Waals surface area (Å²) in [5, 5.41) is 10.6. The van der Waals surface area contributed by atoms with Gasteiger partial charge in [-0.25, -0.2) is 4.98 Å². The molecule has 20 heavy (non-hydrogen) atoms. The van der Waals surface area contributed by atoms with Crippen LogP contribution in [0.5, 0.6) is 0 Å². The van der Waals surface area contributed by atoms with E-state index in [9.17, 15) is 10.1 Å². The van der Waals surface area contributed by atoms with Gasteiger partial charge in [-0.15, -0.1) is 24.0 Å². The third-order valence-corrected chi connectivity index (χ3v) is 3.07. The number of nitrogens with zero attached hydrogens (tertiary/aromatic N) is 3. The number of hydrogen-bond acceptors (Lipinski definition) is 3. The van der Waals surface area contributed by atoms with Crippen molar-refractivity contribution in [2.45, 2.75) is 6.92 Å². The van der Waals surface area contributed by atoms with Crippen molar-refractivity contribution in [1.29, 1.82) is 0 Å². The lowest BCUT2D eigenvalue weighted by Gasteiger charge is -1.96. The minimum Gasteiger partial charge on any atom is -0.304 e. The predicted octanol–water partition coefficient (Wildman–Crippen LogP) is 3.84. The molecule has 0 aliphatic rings. The predicted molar refractivity (Wildman–Crippen MR) is 87.4 cm³/mol. The molecule has 3 rings (SSSR count). The highest BCUT2D eigenvalue weighted by Gasteiger charge is 2.08. The number of halogens is 1. The molecule has 0 saturated carbocycles. The third kappa shape index (κ3) is 2.51. The van der Waals surface area contributed by atoms with Crippen molar-refractivity contribution in [3.63, 3.8) is 0 Å². The Bertz CT molecular complexity index is 766. The molecular weight excluding hydrogens is 369 g/mol. The fourth-order valence-corrected chi connectivity index (χ4v) is 2.04. The molecule has 0 bridgehead atoms. The van der Waals surface area contributed by atoms with Crippen molar-refractivity contribution in [3.05, 3.63) is 64.5 Å². The number of pyridine rings is 1. The van der Waals surface area contributed by atoms with Crippen molar-refractivity contribution in [3.8, 4) is 11.3 Å². The van der Waals surface area contributed by atoms with Gasteiger partial charge in [0, 0.05) is 29.6 Å². The number of fused-ring (bicyclic) bond motifs is 1. The van der Waals surface area contributed by atoms with E-state index in [1.165, 1.54) is 12.1 Å².